The van der Waals surface area contributed by atoms with Crippen LogP contribution in [0.1, 0.15) is 32.2 Å². The molecule has 3 rings (SSSR count). The van der Waals surface area contributed by atoms with E-state index in [-0.39, 0.29) is 23.8 Å². The van der Waals surface area contributed by atoms with Crippen molar-refractivity contribution in [2.75, 3.05) is 23.3 Å². The first-order chi connectivity index (χ1) is 11.8. The summed E-state index contributed by atoms with van der Waals surface area (Å²) in [5.74, 6) is 0.188. The molecular formula is C16H20N6O2S. The summed E-state index contributed by atoms with van der Waals surface area (Å²) in [4.78, 5) is 29.7. The first-order valence-electron chi connectivity index (χ1n) is 7.97. The Morgan fingerprint density at radius 2 is 2.16 bits per heavy atom. The molecule has 2 aromatic heterocycles. The lowest BCUT2D eigenvalue weighted by Gasteiger charge is -2.16. The predicted octanol–water partition coefficient (Wildman–Crippen LogP) is 1.94. The largest absolute Gasteiger partial charge is 0.336 e. The van der Waals surface area contributed by atoms with E-state index in [9.17, 15) is 9.59 Å². The van der Waals surface area contributed by atoms with Crippen LogP contribution in [0.4, 0.5) is 15.7 Å². The van der Waals surface area contributed by atoms with Gasteiger partial charge in [0.2, 0.25) is 5.91 Å². The van der Waals surface area contributed by atoms with Crippen molar-refractivity contribution >= 4 is 34.2 Å². The minimum Gasteiger partial charge on any atom is -0.336 e. The third kappa shape index (κ3) is 4.11. The summed E-state index contributed by atoms with van der Waals surface area (Å²) in [6.45, 7) is 7.35. The maximum Gasteiger partial charge on any atom is 0.323 e. The number of carbonyl (C=O) groups is 2. The fraction of sp³-hybridized carbons (Fsp3) is 0.438. The van der Waals surface area contributed by atoms with Crippen molar-refractivity contribution in [1.29, 1.82) is 0 Å². The zero-order chi connectivity index (χ0) is 18.0. The maximum absolute atomic E-state index is 12.2. The van der Waals surface area contributed by atoms with Crippen molar-refractivity contribution in [3.8, 4) is 0 Å². The number of hydrogen-bond donors (Lipinski definition) is 2. The molecule has 0 bridgehead atoms. The molecule has 2 aromatic rings. The fourth-order valence-electron chi connectivity index (χ4n) is 2.31. The standard InChI is InChI=1S/C16H20N6O2S/c1-16(2,3)11-4-5-12(21-20-11)19-13(23)8-10-9-25-15(18-10)22-7-6-17-14(22)24/h4-5,9H,6-8H2,1-3H3,(H,17,24)(H,19,21,23). The van der Waals surface area contributed by atoms with Crippen LogP contribution in [0.25, 0.3) is 0 Å². The van der Waals surface area contributed by atoms with Crippen LogP contribution in [0.2, 0.25) is 0 Å². The zero-order valence-corrected chi connectivity index (χ0v) is 15.2. The van der Waals surface area contributed by atoms with Crippen LogP contribution < -0.4 is 15.5 Å². The Labute approximate surface area is 149 Å². The number of nitrogens with one attached hydrogen (secondary N) is 2. The van der Waals surface area contributed by atoms with Crippen molar-refractivity contribution in [1.82, 2.24) is 20.5 Å². The van der Waals surface area contributed by atoms with Gasteiger partial charge in [-0.3, -0.25) is 9.69 Å². The average Bonchev–Trinajstić information content (AvgIpc) is 3.15. The highest BCUT2D eigenvalue weighted by molar-refractivity contribution is 7.14. The Kier molecular flexibility index (Phi) is 4.67. The molecule has 1 saturated heterocycles. The number of urea groups is 1. The predicted molar refractivity (Wildman–Crippen MR) is 95.9 cm³/mol. The first-order valence-corrected chi connectivity index (χ1v) is 8.85. The van der Waals surface area contributed by atoms with E-state index in [2.05, 4.69) is 46.6 Å². The number of anilines is 2. The van der Waals surface area contributed by atoms with Gasteiger partial charge in [-0.1, -0.05) is 20.8 Å². The summed E-state index contributed by atoms with van der Waals surface area (Å²) < 4.78 is 0. The Morgan fingerprint density at radius 1 is 1.36 bits per heavy atom. The van der Waals surface area contributed by atoms with Gasteiger partial charge in [-0.05, 0) is 12.1 Å². The highest BCUT2D eigenvalue weighted by Crippen LogP contribution is 2.23. The quantitative estimate of drug-likeness (QED) is 0.868. The van der Waals surface area contributed by atoms with Crippen LogP contribution in [0.15, 0.2) is 17.5 Å². The van der Waals surface area contributed by atoms with E-state index in [1.165, 1.54) is 11.3 Å². The van der Waals surface area contributed by atoms with Gasteiger partial charge < -0.3 is 10.6 Å². The average molecular weight is 360 g/mol. The molecule has 0 radical (unpaired) electrons. The SMILES string of the molecule is CC(C)(C)c1ccc(NC(=O)Cc2csc(N3CCNC3=O)n2)nn1. The van der Waals surface area contributed by atoms with E-state index >= 15 is 0 Å². The van der Waals surface area contributed by atoms with Gasteiger partial charge in [0.1, 0.15) is 0 Å². The fourth-order valence-corrected chi connectivity index (χ4v) is 3.15. The second-order valence-electron chi connectivity index (χ2n) is 6.78. The van der Waals surface area contributed by atoms with Gasteiger partial charge >= 0.3 is 6.03 Å². The highest BCUT2D eigenvalue weighted by Gasteiger charge is 2.24. The van der Waals surface area contributed by atoms with Crippen molar-refractivity contribution in [3.05, 3.63) is 28.9 Å². The molecule has 8 nitrogen and oxygen atoms in total. The normalized spacial score (nSPS) is 14.5. The molecule has 1 aliphatic rings. The molecule has 0 saturated carbocycles. The highest BCUT2D eigenvalue weighted by atomic mass is 32.1. The van der Waals surface area contributed by atoms with Crippen LogP contribution in [-0.2, 0) is 16.6 Å². The molecule has 1 aliphatic heterocycles. The molecule has 25 heavy (non-hydrogen) atoms. The lowest BCUT2D eigenvalue weighted by atomic mass is 9.92. The van der Waals surface area contributed by atoms with Crippen LogP contribution in [0, 0.1) is 0 Å². The monoisotopic (exact) mass is 360 g/mol. The Balaban J connectivity index is 1.59. The Morgan fingerprint density at radius 3 is 2.76 bits per heavy atom. The van der Waals surface area contributed by atoms with E-state index in [4.69, 9.17) is 0 Å². The summed E-state index contributed by atoms with van der Waals surface area (Å²) in [5, 5.41) is 16.0. The van der Waals surface area contributed by atoms with Gasteiger partial charge in [0.05, 0.1) is 17.8 Å². The molecule has 0 spiro atoms. The van der Waals surface area contributed by atoms with Gasteiger partial charge in [-0.2, -0.15) is 5.10 Å². The van der Waals surface area contributed by atoms with Crippen molar-refractivity contribution in [2.45, 2.75) is 32.6 Å². The topological polar surface area (TPSA) is 100 Å². The summed E-state index contributed by atoms with van der Waals surface area (Å²) in [6, 6.07) is 3.45. The molecule has 2 N–H and O–H groups in total. The van der Waals surface area contributed by atoms with Gasteiger partial charge in [0.25, 0.3) is 0 Å². The van der Waals surface area contributed by atoms with Crippen molar-refractivity contribution in [3.63, 3.8) is 0 Å². The Bertz CT molecular complexity index is 781. The first kappa shape index (κ1) is 17.3. The molecule has 0 aromatic carbocycles. The molecule has 132 valence electrons. The summed E-state index contributed by atoms with van der Waals surface area (Å²) in [6.07, 6.45) is 0.120. The van der Waals surface area contributed by atoms with E-state index in [1.54, 1.807) is 16.3 Å². The van der Waals surface area contributed by atoms with E-state index in [0.29, 0.717) is 29.7 Å². The second kappa shape index (κ2) is 6.75. The van der Waals surface area contributed by atoms with Gasteiger partial charge in [0, 0.05) is 23.9 Å². The van der Waals surface area contributed by atoms with Crippen molar-refractivity contribution in [2.24, 2.45) is 0 Å². The minimum absolute atomic E-state index is 0.0889. The minimum atomic E-state index is -0.222. The number of aromatic nitrogens is 3. The number of nitrogens with zero attached hydrogens (tertiary/aromatic N) is 4. The molecule has 9 heteroatoms. The molecule has 0 aliphatic carbocycles. The third-order valence-electron chi connectivity index (χ3n) is 3.67. The van der Waals surface area contributed by atoms with Gasteiger partial charge in [-0.15, -0.1) is 16.4 Å². The Hall–Kier alpha value is -2.55. The summed E-state index contributed by atoms with van der Waals surface area (Å²) in [7, 11) is 0. The number of amides is 3. The zero-order valence-electron chi connectivity index (χ0n) is 14.4. The molecule has 3 heterocycles. The van der Waals surface area contributed by atoms with Crippen LogP contribution >= 0.6 is 11.3 Å². The third-order valence-corrected chi connectivity index (χ3v) is 4.58. The summed E-state index contributed by atoms with van der Waals surface area (Å²) >= 11 is 1.35. The number of rotatable bonds is 4. The van der Waals surface area contributed by atoms with Gasteiger partial charge in [-0.25, -0.2) is 9.78 Å². The van der Waals surface area contributed by atoms with Crippen LogP contribution in [0.5, 0.6) is 0 Å². The van der Waals surface area contributed by atoms with E-state index < -0.39 is 0 Å². The lowest BCUT2D eigenvalue weighted by Crippen LogP contribution is -2.27. The van der Waals surface area contributed by atoms with Crippen LogP contribution in [0.3, 0.4) is 0 Å². The summed E-state index contributed by atoms with van der Waals surface area (Å²) in [5.41, 5.74) is 1.39. The maximum atomic E-state index is 12.2. The molecule has 0 atom stereocenters. The van der Waals surface area contributed by atoms with Crippen molar-refractivity contribution < 1.29 is 9.59 Å². The second-order valence-corrected chi connectivity index (χ2v) is 7.62. The van der Waals surface area contributed by atoms with E-state index in [1.807, 2.05) is 6.07 Å². The lowest BCUT2D eigenvalue weighted by molar-refractivity contribution is -0.115. The molecule has 0 unspecified atom stereocenters. The number of hydrogen-bond acceptors (Lipinski definition) is 6. The van der Waals surface area contributed by atoms with Crippen LogP contribution in [-0.4, -0.2) is 40.2 Å². The molecule has 1 fully saturated rings. The smallest absolute Gasteiger partial charge is 0.323 e. The van der Waals surface area contributed by atoms with E-state index in [0.717, 1.165) is 5.69 Å². The molecular weight excluding hydrogens is 340 g/mol. The molecule has 3 amide bonds. The number of thiazole rings is 1. The van der Waals surface area contributed by atoms with Gasteiger partial charge in [0.15, 0.2) is 10.9 Å². The number of carbonyl (C=O) groups excluding carboxylic acids is 2.